The Labute approximate surface area is 159 Å². The number of nitrogen functional groups attached to an aromatic ring is 1. The minimum absolute atomic E-state index is 0.148. The Kier molecular flexibility index (Phi) is 5.71. The number of benzene rings is 1. The van der Waals surface area contributed by atoms with Crippen LogP contribution in [-0.4, -0.2) is 31.4 Å². The van der Waals surface area contributed by atoms with Crippen LogP contribution in [0.3, 0.4) is 0 Å². The smallest absolute Gasteiger partial charge is 0.170 e. The van der Waals surface area contributed by atoms with Crippen molar-refractivity contribution in [3.63, 3.8) is 0 Å². The molecule has 2 unspecified atom stereocenters. The summed E-state index contributed by atoms with van der Waals surface area (Å²) in [4.78, 5) is 4.57. The Bertz CT molecular complexity index is 907. The highest BCUT2D eigenvalue weighted by Crippen LogP contribution is 2.31. The van der Waals surface area contributed by atoms with Crippen molar-refractivity contribution in [2.24, 2.45) is 11.7 Å². The lowest BCUT2D eigenvalue weighted by molar-refractivity contribution is 0.403. The maximum atomic E-state index is 10.1. The summed E-state index contributed by atoms with van der Waals surface area (Å²) in [6.45, 7) is 5.03. The van der Waals surface area contributed by atoms with Gasteiger partial charge in [0.1, 0.15) is 5.75 Å². The number of anilines is 1. The molecule has 0 aliphatic carbocycles. The fourth-order valence-electron chi connectivity index (χ4n) is 3.39. The van der Waals surface area contributed by atoms with Crippen LogP contribution in [0.5, 0.6) is 5.75 Å². The van der Waals surface area contributed by atoms with E-state index in [4.69, 9.17) is 11.5 Å². The summed E-state index contributed by atoms with van der Waals surface area (Å²) in [6, 6.07) is 8.82. The van der Waals surface area contributed by atoms with Crippen molar-refractivity contribution in [3.05, 3.63) is 48.5 Å². The highest BCUT2D eigenvalue weighted by atomic mass is 16.3. The fraction of sp³-hybridized carbons (Fsp3) is 0.350. The fourth-order valence-corrected chi connectivity index (χ4v) is 3.39. The van der Waals surface area contributed by atoms with Crippen LogP contribution in [0, 0.1) is 5.92 Å². The van der Waals surface area contributed by atoms with Crippen LogP contribution in [0.25, 0.3) is 16.9 Å². The molecule has 0 spiro atoms. The van der Waals surface area contributed by atoms with E-state index in [1.54, 1.807) is 24.5 Å². The van der Waals surface area contributed by atoms with Crippen LogP contribution in [0.1, 0.15) is 38.3 Å². The SMILES string of the molecule is CCC(CCN)C(C)c1cn(-c2cc(-c3ccccc3O)nnc2N)cn1. The number of aromatic hydroxyl groups is 1. The van der Waals surface area contributed by atoms with Gasteiger partial charge in [-0.1, -0.05) is 32.4 Å². The van der Waals surface area contributed by atoms with Crippen molar-refractivity contribution in [3.8, 4) is 22.7 Å². The van der Waals surface area contributed by atoms with Gasteiger partial charge in [-0.05, 0) is 37.1 Å². The van der Waals surface area contributed by atoms with E-state index in [0.29, 0.717) is 41.1 Å². The first-order valence-corrected chi connectivity index (χ1v) is 9.21. The van der Waals surface area contributed by atoms with Crippen molar-refractivity contribution >= 4 is 5.82 Å². The molecule has 3 aromatic rings. The number of hydrogen-bond donors (Lipinski definition) is 3. The average molecular weight is 366 g/mol. The molecule has 0 aliphatic heterocycles. The number of hydrogen-bond acceptors (Lipinski definition) is 6. The van der Waals surface area contributed by atoms with Crippen molar-refractivity contribution in [2.75, 3.05) is 12.3 Å². The first-order chi connectivity index (χ1) is 13.0. The Balaban J connectivity index is 1.95. The van der Waals surface area contributed by atoms with E-state index >= 15 is 0 Å². The van der Waals surface area contributed by atoms with E-state index in [9.17, 15) is 5.11 Å². The van der Waals surface area contributed by atoms with Gasteiger partial charge in [0.05, 0.1) is 23.4 Å². The van der Waals surface area contributed by atoms with E-state index in [1.807, 2.05) is 22.9 Å². The summed E-state index contributed by atoms with van der Waals surface area (Å²) in [7, 11) is 0. The van der Waals surface area contributed by atoms with Crippen molar-refractivity contribution in [1.82, 2.24) is 19.7 Å². The molecule has 1 aromatic carbocycles. The summed E-state index contributed by atoms with van der Waals surface area (Å²) in [5, 5.41) is 18.3. The lowest BCUT2D eigenvalue weighted by atomic mass is 9.87. The van der Waals surface area contributed by atoms with Crippen LogP contribution in [0.2, 0.25) is 0 Å². The standard InChI is InChI=1S/C20H26N6O/c1-3-14(8-9-21)13(2)17-11-26(12-23-17)18-10-16(24-25-20(18)22)15-6-4-5-7-19(15)27/h4-7,10-14,27H,3,8-9,21H2,1-2H3,(H2,22,25). The second kappa shape index (κ2) is 8.18. The van der Waals surface area contributed by atoms with Gasteiger partial charge in [0, 0.05) is 17.7 Å². The summed E-state index contributed by atoms with van der Waals surface area (Å²) >= 11 is 0. The van der Waals surface area contributed by atoms with Crippen LogP contribution in [0.15, 0.2) is 42.9 Å². The van der Waals surface area contributed by atoms with Gasteiger partial charge in [0.15, 0.2) is 5.82 Å². The van der Waals surface area contributed by atoms with Crippen molar-refractivity contribution < 1.29 is 5.11 Å². The topological polar surface area (TPSA) is 116 Å². The quantitative estimate of drug-likeness (QED) is 0.592. The van der Waals surface area contributed by atoms with Crippen molar-refractivity contribution in [2.45, 2.75) is 32.6 Å². The Morgan fingerprint density at radius 2 is 2.00 bits per heavy atom. The molecule has 0 aliphatic rings. The molecule has 3 rings (SSSR count). The lowest BCUT2D eigenvalue weighted by Crippen LogP contribution is -2.14. The van der Waals surface area contributed by atoms with Gasteiger partial charge >= 0.3 is 0 Å². The van der Waals surface area contributed by atoms with Gasteiger partial charge in [-0.3, -0.25) is 0 Å². The molecule has 0 saturated heterocycles. The second-order valence-corrected chi connectivity index (χ2v) is 6.76. The summed E-state index contributed by atoms with van der Waals surface area (Å²) in [6.07, 6.45) is 5.75. The highest BCUT2D eigenvalue weighted by molar-refractivity contribution is 5.70. The number of para-hydroxylation sites is 1. The zero-order chi connectivity index (χ0) is 19.4. The summed E-state index contributed by atoms with van der Waals surface area (Å²) in [5.74, 6) is 1.24. The third kappa shape index (κ3) is 3.93. The minimum Gasteiger partial charge on any atom is -0.507 e. The van der Waals surface area contributed by atoms with E-state index in [0.717, 1.165) is 18.5 Å². The van der Waals surface area contributed by atoms with Gasteiger partial charge < -0.3 is 21.1 Å². The molecule has 7 heteroatoms. The molecule has 2 heterocycles. The number of rotatable bonds is 7. The van der Waals surface area contributed by atoms with Crippen LogP contribution >= 0.6 is 0 Å². The number of aromatic nitrogens is 4. The molecule has 7 nitrogen and oxygen atoms in total. The molecular weight excluding hydrogens is 340 g/mol. The molecule has 0 fully saturated rings. The Morgan fingerprint density at radius 1 is 1.22 bits per heavy atom. The third-order valence-electron chi connectivity index (χ3n) is 5.10. The second-order valence-electron chi connectivity index (χ2n) is 6.76. The zero-order valence-electron chi connectivity index (χ0n) is 15.7. The predicted molar refractivity (Wildman–Crippen MR) is 107 cm³/mol. The zero-order valence-corrected chi connectivity index (χ0v) is 15.7. The first-order valence-electron chi connectivity index (χ1n) is 9.21. The normalized spacial score (nSPS) is 13.4. The van der Waals surface area contributed by atoms with E-state index in [2.05, 4.69) is 29.0 Å². The first kappa shape index (κ1) is 18.8. The molecule has 2 aromatic heterocycles. The summed E-state index contributed by atoms with van der Waals surface area (Å²) in [5.41, 5.74) is 14.6. The molecule has 27 heavy (non-hydrogen) atoms. The van der Waals surface area contributed by atoms with Gasteiger partial charge in [-0.25, -0.2) is 4.98 Å². The molecule has 0 bridgehead atoms. The number of imidazole rings is 1. The largest absolute Gasteiger partial charge is 0.507 e. The average Bonchev–Trinajstić information content (AvgIpc) is 3.16. The number of phenols is 1. The molecule has 142 valence electrons. The monoisotopic (exact) mass is 366 g/mol. The van der Waals surface area contributed by atoms with Gasteiger partial charge in [0.25, 0.3) is 0 Å². The van der Waals surface area contributed by atoms with Gasteiger partial charge in [-0.2, -0.15) is 0 Å². The molecular formula is C20H26N6O. The molecule has 0 radical (unpaired) electrons. The molecule has 2 atom stereocenters. The maximum absolute atomic E-state index is 10.1. The predicted octanol–water partition coefficient (Wildman–Crippen LogP) is 3.10. The van der Waals surface area contributed by atoms with E-state index < -0.39 is 0 Å². The highest BCUT2D eigenvalue weighted by Gasteiger charge is 2.20. The number of nitrogens with zero attached hydrogens (tertiary/aromatic N) is 4. The minimum atomic E-state index is 0.148. The van der Waals surface area contributed by atoms with Gasteiger partial charge in [0.2, 0.25) is 0 Å². The molecule has 0 amide bonds. The van der Waals surface area contributed by atoms with E-state index in [1.165, 1.54) is 0 Å². The van der Waals surface area contributed by atoms with Crippen molar-refractivity contribution in [1.29, 1.82) is 0 Å². The Hall–Kier alpha value is -2.93. The number of phenolic OH excluding ortho intramolecular Hbond substituents is 1. The van der Waals surface area contributed by atoms with Gasteiger partial charge in [-0.15, -0.1) is 10.2 Å². The summed E-state index contributed by atoms with van der Waals surface area (Å²) < 4.78 is 1.86. The third-order valence-corrected chi connectivity index (χ3v) is 5.10. The van der Waals surface area contributed by atoms with Crippen LogP contribution in [-0.2, 0) is 0 Å². The lowest BCUT2D eigenvalue weighted by Gasteiger charge is -2.20. The Morgan fingerprint density at radius 3 is 2.70 bits per heavy atom. The molecule has 5 N–H and O–H groups in total. The van der Waals surface area contributed by atoms with Crippen LogP contribution in [0.4, 0.5) is 5.82 Å². The van der Waals surface area contributed by atoms with Crippen LogP contribution < -0.4 is 11.5 Å². The maximum Gasteiger partial charge on any atom is 0.170 e. The van der Waals surface area contributed by atoms with E-state index in [-0.39, 0.29) is 5.75 Å². The number of nitrogens with two attached hydrogens (primary N) is 2. The molecule has 0 saturated carbocycles.